The van der Waals surface area contributed by atoms with Crippen molar-refractivity contribution < 1.29 is 53.7 Å². The van der Waals surface area contributed by atoms with Crippen LogP contribution in [0.2, 0.25) is 4.34 Å². The zero-order chi connectivity index (χ0) is 36.3. The Bertz CT molecular complexity index is 1770. The van der Waals surface area contributed by atoms with Gasteiger partial charge in [-0.05, 0) is 38.0 Å². The van der Waals surface area contributed by atoms with Crippen molar-refractivity contribution in [3.63, 3.8) is 0 Å². The minimum absolute atomic E-state index is 0.0183. The number of carboxylic acids is 2. The highest BCUT2D eigenvalue weighted by Crippen LogP contribution is 2.46. The third-order valence-electron chi connectivity index (χ3n) is 9.12. The first-order valence-electron chi connectivity index (χ1n) is 15.9. The number of hydrogen-bond donors (Lipinski definition) is 4. The average molecular weight is 750 g/mol. The number of phenolic OH excluding ortho intramolecular Hbond substituents is 2. The number of thioether (sulfide) groups is 1. The van der Waals surface area contributed by atoms with Crippen LogP contribution in [0.25, 0.3) is 0 Å². The largest absolute Gasteiger partial charge is 0.543 e. The number of nitrogens with zero attached hydrogens (tertiary/aromatic N) is 4. The van der Waals surface area contributed by atoms with E-state index in [1.807, 2.05) is 0 Å². The minimum atomic E-state index is -1.48. The van der Waals surface area contributed by atoms with Crippen molar-refractivity contribution in [2.45, 2.75) is 56.9 Å². The Morgan fingerprint density at radius 1 is 1.20 bits per heavy atom. The number of halogens is 1. The Hall–Kier alpha value is -4.19. The zero-order valence-electron chi connectivity index (χ0n) is 27.0. The molecule has 5 N–H and O–H groups in total. The van der Waals surface area contributed by atoms with Crippen LogP contribution in [-0.2, 0) is 24.0 Å². The Morgan fingerprint density at radius 3 is 2.54 bits per heavy atom. The molecule has 2 saturated heterocycles. The van der Waals surface area contributed by atoms with Crippen LogP contribution >= 0.6 is 34.7 Å². The van der Waals surface area contributed by atoms with Crippen LogP contribution in [0.1, 0.15) is 61.5 Å². The van der Waals surface area contributed by atoms with E-state index in [0.29, 0.717) is 47.3 Å². The van der Waals surface area contributed by atoms with E-state index in [4.69, 9.17) is 27.3 Å². The van der Waals surface area contributed by atoms with Crippen molar-refractivity contribution >= 4 is 75.0 Å². The second-order valence-corrected chi connectivity index (χ2v) is 15.3. The summed E-state index contributed by atoms with van der Waals surface area (Å²) in [5, 5.41) is 44.0. The molecule has 0 bridgehead atoms. The number of benzene rings is 1. The van der Waals surface area contributed by atoms with E-state index in [2.05, 4.69) is 10.1 Å². The maximum Gasteiger partial charge on any atom is 0.347 e. The van der Waals surface area contributed by atoms with Gasteiger partial charge in [-0.1, -0.05) is 28.1 Å². The van der Waals surface area contributed by atoms with Gasteiger partial charge in [-0.3, -0.25) is 19.3 Å². The van der Waals surface area contributed by atoms with Crippen molar-refractivity contribution in [3.05, 3.63) is 45.1 Å². The number of nitrogen functional groups attached to an aromatic ring is 1. The molecule has 4 heterocycles. The molecule has 3 aliphatic heterocycles. The van der Waals surface area contributed by atoms with Crippen molar-refractivity contribution in [1.29, 1.82) is 0 Å². The Kier molecular flexibility index (Phi) is 11.4. The first kappa shape index (κ1) is 37.1. The fourth-order valence-electron chi connectivity index (χ4n) is 6.54. The molecule has 0 aliphatic carbocycles. The number of carboxylic acid groups (broad SMARTS) is 2. The molecule has 0 saturated carbocycles. The summed E-state index contributed by atoms with van der Waals surface area (Å²) in [5.74, 6) is -5.50. The molecule has 1 aromatic carbocycles. The molecule has 2 aromatic rings. The maximum atomic E-state index is 13.5. The summed E-state index contributed by atoms with van der Waals surface area (Å²) < 4.78 is 0.631. The summed E-state index contributed by atoms with van der Waals surface area (Å²) in [5.41, 5.74) is 5.92. The number of aromatic hydroxyl groups is 2. The molecule has 1 amide bonds. The van der Waals surface area contributed by atoms with E-state index in [9.17, 15) is 39.3 Å². The van der Waals surface area contributed by atoms with Gasteiger partial charge >= 0.3 is 5.97 Å². The summed E-state index contributed by atoms with van der Waals surface area (Å²) in [4.78, 5) is 73.6. The van der Waals surface area contributed by atoms with Crippen molar-refractivity contribution in [1.82, 2.24) is 9.88 Å². The molecule has 50 heavy (non-hydrogen) atoms. The van der Waals surface area contributed by atoms with Crippen molar-refractivity contribution in [3.8, 4) is 11.5 Å². The Labute approximate surface area is 299 Å². The number of quaternary nitrogens is 1. The van der Waals surface area contributed by atoms with Crippen molar-refractivity contribution in [2.75, 3.05) is 37.7 Å². The number of rotatable bonds is 16. The number of β-lactam (4-membered cyclic amide) rings is 1. The normalized spacial score (nSPS) is 20.6. The second kappa shape index (κ2) is 15.4. The number of anilines is 1. The number of phenols is 2. The number of carbonyl (C=O) groups is 5. The van der Waals surface area contributed by atoms with E-state index >= 15 is 0 Å². The van der Waals surface area contributed by atoms with Crippen LogP contribution in [0.5, 0.6) is 11.5 Å². The van der Waals surface area contributed by atoms with Gasteiger partial charge in [0.15, 0.2) is 33.9 Å². The molecule has 1 aromatic heterocycles. The van der Waals surface area contributed by atoms with Gasteiger partial charge in [0.2, 0.25) is 12.0 Å². The number of nitrogens with two attached hydrogens (primary N) is 1. The summed E-state index contributed by atoms with van der Waals surface area (Å²) in [6, 6.07) is 3.97. The number of Topliss-reactive ketones (excluding diaryl/α,β-unsaturated/α-hetero) is 2. The van der Waals surface area contributed by atoms with Gasteiger partial charge in [-0.15, -0.1) is 11.8 Å². The number of amides is 1. The van der Waals surface area contributed by atoms with Crippen LogP contribution in [0.3, 0.4) is 0 Å². The number of fused-ring (bicyclic) bond motifs is 1. The predicted octanol–water partition coefficient (Wildman–Crippen LogP) is 2.14. The monoisotopic (exact) mass is 749 g/mol. The van der Waals surface area contributed by atoms with E-state index in [-0.39, 0.29) is 51.0 Å². The summed E-state index contributed by atoms with van der Waals surface area (Å²) in [6.45, 7) is 3.94. The van der Waals surface area contributed by atoms with Crippen molar-refractivity contribution in [2.24, 2.45) is 11.1 Å². The third-order valence-corrected chi connectivity index (χ3v) is 11.6. The SMILES string of the molecule is C[C@H](O/N=C(/C(=O)C[C@@H]1C(=O)N2C(C(=O)[O-])=C(C[N+]3(CCCCC(=O)c4ccc(O)c(O)c4)CCCC3)CS[C@H]12)c1nc(N)sc1Cl)C(=O)O. The van der Waals surface area contributed by atoms with Gasteiger partial charge in [-0.25, -0.2) is 9.78 Å². The van der Waals surface area contributed by atoms with E-state index in [1.54, 1.807) is 0 Å². The van der Waals surface area contributed by atoms with Gasteiger partial charge in [0.05, 0.1) is 42.6 Å². The number of aliphatic carboxylic acids is 2. The molecule has 268 valence electrons. The first-order valence-corrected chi connectivity index (χ1v) is 18.2. The number of likely N-dealkylation sites (tertiary alicyclic amines) is 1. The molecule has 2 fully saturated rings. The lowest BCUT2D eigenvalue weighted by Gasteiger charge is -2.51. The van der Waals surface area contributed by atoms with Gasteiger partial charge in [0, 0.05) is 42.6 Å². The van der Waals surface area contributed by atoms with Crippen LogP contribution in [-0.4, -0.2) is 108 Å². The molecule has 3 atom stereocenters. The highest BCUT2D eigenvalue weighted by Gasteiger charge is 2.53. The summed E-state index contributed by atoms with van der Waals surface area (Å²) in [7, 11) is 0. The Balaban J connectivity index is 1.26. The lowest BCUT2D eigenvalue weighted by atomic mass is 9.89. The van der Waals surface area contributed by atoms with E-state index < -0.39 is 46.7 Å². The first-order chi connectivity index (χ1) is 23.7. The lowest BCUT2D eigenvalue weighted by molar-refractivity contribution is -0.912. The number of hydrogen-bond acceptors (Lipinski definition) is 14. The summed E-state index contributed by atoms with van der Waals surface area (Å²) >= 11 is 8.43. The van der Waals surface area contributed by atoms with E-state index in [0.717, 1.165) is 37.3 Å². The molecular weight excluding hydrogens is 714 g/mol. The second-order valence-electron chi connectivity index (χ2n) is 12.5. The minimum Gasteiger partial charge on any atom is -0.543 e. The number of carbonyl (C=O) groups excluding carboxylic acids is 4. The van der Waals surface area contributed by atoms with Gasteiger partial charge in [0.1, 0.15) is 16.6 Å². The molecule has 5 rings (SSSR count). The third kappa shape index (κ3) is 7.90. The summed E-state index contributed by atoms with van der Waals surface area (Å²) in [6.07, 6.45) is 1.64. The highest BCUT2D eigenvalue weighted by atomic mass is 35.5. The fourth-order valence-corrected chi connectivity index (χ4v) is 8.87. The Morgan fingerprint density at radius 2 is 1.92 bits per heavy atom. The van der Waals surface area contributed by atoms with Gasteiger partial charge in [-0.2, -0.15) is 0 Å². The average Bonchev–Trinajstić information content (AvgIpc) is 3.67. The van der Waals surface area contributed by atoms with Crippen LogP contribution in [0.4, 0.5) is 5.13 Å². The number of ketones is 2. The topological polar surface area (TPSA) is 233 Å². The molecule has 3 aliphatic rings. The molecule has 0 unspecified atom stereocenters. The molecule has 18 heteroatoms. The van der Waals surface area contributed by atoms with Crippen LogP contribution in [0, 0.1) is 5.92 Å². The van der Waals surface area contributed by atoms with Gasteiger partial charge in [0.25, 0.3) is 0 Å². The molecule has 0 spiro atoms. The lowest BCUT2D eigenvalue weighted by Crippen LogP contribution is -2.63. The van der Waals surface area contributed by atoms with E-state index in [1.165, 1.54) is 41.8 Å². The standard InChI is InChI=1S/C32H36ClN5O10S2/c1-16(30(44)45)48-36-24(25-27(33)50-32(34)35-25)23(42)13-19-28(43)37-26(31(46)47)18(15-49-29(19)37)14-38(10-4-5-11-38)9-3-2-6-20(39)17-7-8-21(40)22(41)12-17/h7-8,12,16,19,29H,2-6,9-11,13-15H2,1H3,(H5-,34,35,36,39,40,41,42,44,45,46,47)/t16-,19+,29+/m0/s1. The maximum absolute atomic E-state index is 13.5. The zero-order valence-corrected chi connectivity index (χ0v) is 29.4. The number of thiazole rings is 1. The number of unbranched alkanes of at least 4 members (excludes halogenated alkanes) is 1. The smallest absolute Gasteiger partial charge is 0.347 e. The highest BCUT2D eigenvalue weighted by molar-refractivity contribution is 8.00. The molecule has 15 nitrogen and oxygen atoms in total. The fraction of sp³-hybridized carbons (Fsp3) is 0.469. The number of aromatic nitrogens is 1. The van der Waals surface area contributed by atoms with Crippen LogP contribution < -0.4 is 10.8 Å². The number of oxime groups is 1. The molecule has 0 radical (unpaired) electrons. The van der Waals surface area contributed by atoms with Crippen LogP contribution in [0.15, 0.2) is 34.6 Å². The predicted molar refractivity (Wildman–Crippen MR) is 181 cm³/mol. The quantitative estimate of drug-likeness (QED) is 0.0367. The van der Waals surface area contributed by atoms with Gasteiger partial charge < -0.3 is 40.3 Å². The molecular formula is C32H36ClN5O10S2.